The molecule has 0 spiro atoms. The first kappa shape index (κ1) is 14.2. The minimum atomic E-state index is -0.147. The molecule has 1 aliphatic carbocycles. The van der Waals surface area contributed by atoms with E-state index in [9.17, 15) is 4.79 Å². The van der Waals surface area contributed by atoms with Gasteiger partial charge in [0.2, 0.25) is 0 Å². The lowest BCUT2D eigenvalue weighted by Crippen LogP contribution is -2.68. The van der Waals surface area contributed by atoms with Crippen LogP contribution in [0.25, 0.3) is 0 Å². The second-order valence-corrected chi connectivity index (χ2v) is 6.38. The summed E-state index contributed by atoms with van der Waals surface area (Å²) in [6, 6.07) is 13.9. The molecule has 1 aromatic carbocycles. The fourth-order valence-electron chi connectivity index (χ4n) is 4.17. The molecule has 5 nitrogen and oxygen atoms in total. The number of carbonyl (C=O) groups is 1. The number of hydrogen-bond acceptors (Lipinski definition) is 3. The van der Waals surface area contributed by atoms with Gasteiger partial charge in [-0.2, -0.15) is 5.10 Å². The molecule has 1 aromatic heterocycles. The Balaban J connectivity index is 1.62. The van der Waals surface area contributed by atoms with Crippen LogP contribution in [0.1, 0.15) is 31.2 Å². The van der Waals surface area contributed by atoms with Gasteiger partial charge in [0.1, 0.15) is 0 Å². The van der Waals surface area contributed by atoms with E-state index in [1.54, 1.807) is 18.3 Å². The maximum atomic E-state index is 12.8. The second-order valence-electron chi connectivity index (χ2n) is 6.38. The van der Waals surface area contributed by atoms with Crippen LogP contribution < -0.4 is 5.32 Å². The fraction of sp³-hybridized carbons (Fsp3) is 0.389. The van der Waals surface area contributed by atoms with E-state index in [-0.39, 0.29) is 11.6 Å². The lowest BCUT2D eigenvalue weighted by molar-refractivity contribution is -0.0756. The average Bonchev–Trinajstić information content (AvgIpc) is 2.58. The fourth-order valence-corrected chi connectivity index (χ4v) is 4.17. The standard InChI is InChI=1S/C18H20N4O/c23-17(20-16-10-6-12-19-21-16)22-13-15-9-4-5-11-18(15,22)14-7-2-1-3-8-14/h1-3,6-8,10,12,15H,4-5,9,11,13H2,(H,20,21,23)/t15-,18-/m0/s1. The van der Waals surface area contributed by atoms with Crippen LogP contribution in [0.3, 0.4) is 0 Å². The zero-order chi connectivity index (χ0) is 15.7. The topological polar surface area (TPSA) is 58.1 Å². The van der Waals surface area contributed by atoms with Gasteiger partial charge in [0.15, 0.2) is 5.82 Å². The molecule has 2 fully saturated rings. The number of hydrogen-bond donors (Lipinski definition) is 1. The highest BCUT2D eigenvalue weighted by Crippen LogP contribution is 2.53. The number of aromatic nitrogens is 2. The van der Waals surface area contributed by atoms with E-state index in [2.05, 4.69) is 39.8 Å². The molecular weight excluding hydrogens is 288 g/mol. The van der Waals surface area contributed by atoms with E-state index in [0.717, 1.165) is 13.0 Å². The molecule has 2 aliphatic rings. The summed E-state index contributed by atoms with van der Waals surface area (Å²) in [7, 11) is 0. The van der Waals surface area contributed by atoms with Gasteiger partial charge in [-0.3, -0.25) is 5.32 Å². The Morgan fingerprint density at radius 2 is 2.04 bits per heavy atom. The summed E-state index contributed by atoms with van der Waals surface area (Å²) < 4.78 is 0. The van der Waals surface area contributed by atoms with Gasteiger partial charge in [0, 0.05) is 18.7 Å². The van der Waals surface area contributed by atoms with Crippen LogP contribution in [0.5, 0.6) is 0 Å². The summed E-state index contributed by atoms with van der Waals surface area (Å²) in [6.07, 6.45) is 6.26. The molecule has 4 rings (SSSR count). The van der Waals surface area contributed by atoms with Crippen LogP contribution in [0.4, 0.5) is 10.6 Å². The van der Waals surface area contributed by atoms with Crippen LogP contribution in [0.15, 0.2) is 48.7 Å². The lowest BCUT2D eigenvalue weighted by atomic mass is 9.62. The van der Waals surface area contributed by atoms with E-state index in [1.807, 2.05) is 11.0 Å². The van der Waals surface area contributed by atoms with Crippen molar-refractivity contribution >= 4 is 11.8 Å². The van der Waals surface area contributed by atoms with Crippen molar-refractivity contribution in [2.75, 3.05) is 11.9 Å². The van der Waals surface area contributed by atoms with Gasteiger partial charge in [-0.05, 0) is 30.5 Å². The first-order valence-electron chi connectivity index (χ1n) is 8.22. The molecule has 118 valence electrons. The number of nitrogens with zero attached hydrogens (tertiary/aromatic N) is 3. The number of nitrogens with one attached hydrogen (secondary N) is 1. The number of likely N-dealkylation sites (tertiary alicyclic amines) is 1. The normalized spacial score (nSPS) is 26.1. The second kappa shape index (κ2) is 5.65. The number of fused-ring (bicyclic) bond motifs is 1. The van der Waals surface area contributed by atoms with Crippen molar-refractivity contribution in [1.29, 1.82) is 0 Å². The molecule has 1 saturated carbocycles. The molecule has 1 N–H and O–H groups in total. The summed E-state index contributed by atoms with van der Waals surface area (Å²) in [4.78, 5) is 14.8. The minimum Gasteiger partial charge on any atom is -0.314 e. The van der Waals surface area contributed by atoms with E-state index in [1.165, 1.54) is 24.8 Å². The summed E-state index contributed by atoms with van der Waals surface area (Å²) >= 11 is 0. The molecule has 0 bridgehead atoms. The van der Waals surface area contributed by atoms with Crippen molar-refractivity contribution < 1.29 is 4.79 Å². The largest absolute Gasteiger partial charge is 0.323 e. The van der Waals surface area contributed by atoms with Crippen molar-refractivity contribution in [2.24, 2.45) is 5.92 Å². The predicted molar refractivity (Wildman–Crippen MR) is 87.8 cm³/mol. The smallest absolute Gasteiger partial charge is 0.314 e. The molecule has 0 radical (unpaired) electrons. The third-order valence-electron chi connectivity index (χ3n) is 5.25. The van der Waals surface area contributed by atoms with Gasteiger partial charge in [-0.1, -0.05) is 43.2 Å². The maximum Gasteiger partial charge on any atom is 0.323 e. The van der Waals surface area contributed by atoms with E-state index < -0.39 is 0 Å². The van der Waals surface area contributed by atoms with E-state index in [0.29, 0.717) is 11.7 Å². The molecular formula is C18H20N4O. The molecule has 5 heteroatoms. The van der Waals surface area contributed by atoms with Gasteiger partial charge >= 0.3 is 6.03 Å². The molecule has 2 atom stereocenters. The van der Waals surface area contributed by atoms with Crippen LogP contribution in [0.2, 0.25) is 0 Å². The Morgan fingerprint density at radius 3 is 2.78 bits per heavy atom. The lowest BCUT2D eigenvalue weighted by Gasteiger charge is -2.61. The van der Waals surface area contributed by atoms with Gasteiger partial charge in [-0.15, -0.1) is 5.10 Å². The van der Waals surface area contributed by atoms with Crippen molar-refractivity contribution in [3.05, 3.63) is 54.2 Å². The van der Waals surface area contributed by atoms with Gasteiger partial charge in [-0.25, -0.2) is 4.79 Å². The van der Waals surface area contributed by atoms with E-state index in [4.69, 9.17) is 0 Å². The molecule has 23 heavy (non-hydrogen) atoms. The van der Waals surface area contributed by atoms with E-state index >= 15 is 0 Å². The summed E-state index contributed by atoms with van der Waals surface area (Å²) in [5.41, 5.74) is 1.11. The number of amides is 2. The average molecular weight is 308 g/mol. The monoisotopic (exact) mass is 308 g/mol. The Morgan fingerprint density at radius 1 is 1.17 bits per heavy atom. The highest BCUT2D eigenvalue weighted by Gasteiger charge is 2.57. The number of urea groups is 1. The molecule has 1 aliphatic heterocycles. The Kier molecular flexibility index (Phi) is 3.48. The van der Waals surface area contributed by atoms with Crippen molar-refractivity contribution in [1.82, 2.24) is 15.1 Å². The third kappa shape index (κ3) is 2.27. The summed E-state index contributed by atoms with van der Waals surface area (Å²) in [6.45, 7) is 0.820. The molecule has 2 aromatic rings. The predicted octanol–water partition coefficient (Wildman–Crippen LogP) is 3.41. The van der Waals surface area contributed by atoms with Gasteiger partial charge in [0.05, 0.1) is 5.54 Å². The first-order valence-corrected chi connectivity index (χ1v) is 8.22. The number of rotatable bonds is 2. The van der Waals surface area contributed by atoms with Crippen LogP contribution in [-0.4, -0.2) is 27.7 Å². The molecule has 0 unspecified atom stereocenters. The zero-order valence-electron chi connectivity index (χ0n) is 13.0. The highest BCUT2D eigenvalue weighted by atomic mass is 16.2. The number of anilines is 1. The summed E-state index contributed by atoms with van der Waals surface area (Å²) in [5, 5.41) is 10.6. The third-order valence-corrected chi connectivity index (χ3v) is 5.25. The Hall–Kier alpha value is -2.43. The molecule has 2 amide bonds. The van der Waals surface area contributed by atoms with Crippen molar-refractivity contribution in [3.63, 3.8) is 0 Å². The van der Waals surface area contributed by atoms with Gasteiger partial charge in [0.25, 0.3) is 0 Å². The van der Waals surface area contributed by atoms with Crippen LogP contribution >= 0.6 is 0 Å². The van der Waals surface area contributed by atoms with Crippen LogP contribution in [0, 0.1) is 5.92 Å². The maximum absolute atomic E-state index is 12.8. The number of benzene rings is 1. The van der Waals surface area contributed by atoms with Crippen molar-refractivity contribution in [3.8, 4) is 0 Å². The highest BCUT2D eigenvalue weighted by molar-refractivity contribution is 5.89. The Labute approximate surface area is 135 Å². The minimum absolute atomic E-state index is 0.0764. The molecule has 2 heterocycles. The first-order chi connectivity index (χ1) is 11.3. The Bertz CT molecular complexity index is 691. The zero-order valence-corrected chi connectivity index (χ0v) is 13.0. The van der Waals surface area contributed by atoms with Gasteiger partial charge < -0.3 is 4.90 Å². The SMILES string of the molecule is O=C(Nc1cccnn1)N1C[C@@H]2CCCC[C@]21c1ccccc1. The summed E-state index contributed by atoms with van der Waals surface area (Å²) in [5.74, 6) is 1.06. The molecule has 1 saturated heterocycles. The van der Waals surface area contributed by atoms with Crippen molar-refractivity contribution in [2.45, 2.75) is 31.2 Å². The quantitative estimate of drug-likeness (QED) is 0.925. The van der Waals surface area contributed by atoms with Crippen LogP contribution in [-0.2, 0) is 5.54 Å². The number of carbonyl (C=O) groups excluding carboxylic acids is 1.